The van der Waals surface area contributed by atoms with E-state index in [-0.39, 0.29) is 5.92 Å². The Balaban J connectivity index is 2.07. The van der Waals surface area contributed by atoms with Crippen LogP contribution in [0.15, 0.2) is 12.2 Å². The van der Waals surface area contributed by atoms with E-state index in [2.05, 4.69) is 12.2 Å². The smallest absolute Gasteiger partial charge is 0.306 e. The number of allylic oxidation sites excluding steroid dienone is 2. The molecule has 2 heteroatoms. The van der Waals surface area contributed by atoms with Crippen molar-refractivity contribution >= 4 is 5.97 Å². The lowest BCUT2D eigenvalue weighted by Gasteiger charge is -2.33. The SMILES string of the molecule is O=C(O)[C@H]1CC2C=CCC(C2)C1. The van der Waals surface area contributed by atoms with Gasteiger partial charge in [0.2, 0.25) is 0 Å². The highest BCUT2D eigenvalue weighted by atomic mass is 16.4. The van der Waals surface area contributed by atoms with Crippen molar-refractivity contribution in [3.05, 3.63) is 12.2 Å². The summed E-state index contributed by atoms with van der Waals surface area (Å²) in [5.41, 5.74) is 0. The third-order valence-electron chi connectivity index (χ3n) is 3.07. The van der Waals surface area contributed by atoms with Crippen LogP contribution in [-0.4, -0.2) is 11.1 Å². The third kappa shape index (κ3) is 1.38. The summed E-state index contributed by atoms with van der Waals surface area (Å²) in [6.45, 7) is 0. The number of carboxylic acid groups (broad SMARTS) is 1. The van der Waals surface area contributed by atoms with E-state index in [0.717, 1.165) is 19.3 Å². The maximum absolute atomic E-state index is 10.8. The zero-order valence-corrected chi connectivity index (χ0v) is 7.07. The molecule has 0 aromatic rings. The van der Waals surface area contributed by atoms with Crippen LogP contribution in [-0.2, 0) is 4.79 Å². The Hall–Kier alpha value is -0.790. The van der Waals surface area contributed by atoms with Gasteiger partial charge < -0.3 is 5.11 Å². The zero-order chi connectivity index (χ0) is 8.55. The number of rotatable bonds is 1. The van der Waals surface area contributed by atoms with E-state index in [9.17, 15) is 4.79 Å². The molecule has 2 rings (SSSR count). The molecule has 3 atom stereocenters. The van der Waals surface area contributed by atoms with E-state index < -0.39 is 5.97 Å². The topological polar surface area (TPSA) is 37.3 Å². The van der Waals surface area contributed by atoms with Gasteiger partial charge in [0.25, 0.3) is 0 Å². The average Bonchev–Trinajstić information content (AvgIpc) is 2.03. The van der Waals surface area contributed by atoms with Crippen LogP contribution < -0.4 is 0 Å². The van der Waals surface area contributed by atoms with E-state index in [1.54, 1.807) is 0 Å². The fraction of sp³-hybridized carbons (Fsp3) is 0.700. The lowest BCUT2D eigenvalue weighted by molar-refractivity contribution is -0.143. The van der Waals surface area contributed by atoms with Gasteiger partial charge in [-0.25, -0.2) is 0 Å². The first-order chi connectivity index (χ1) is 5.75. The summed E-state index contributed by atoms with van der Waals surface area (Å²) in [7, 11) is 0. The van der Waals surface area contributed by atoms with Crippen LogP contribution in [0.25, 0.3) is 0 Å². The summed E-state index contributed by atoms with van der Waals surface area (Å²) in [5.74, 6) is 0.534. The molecule has 2 aliphatic carbocycles. The van der Waals surface area contributed by atoms with Crippen molar-refractivity contribution in [2.24, 2.45) is 17.8 Å². The maximum Gasteiger partial charge on any atom is 0.306 e. The minimum absolute atomic E-state index is 0.0706. The fourth-order valence-corrected chi connectivity index (χ4v) is 2.50. The van der Waals surface area contributed by atoms with Crippen molar-refractivity contribution in [3.63, 3.8) is 0 Å². The number of fused-ring (bicyclic) bond motifs is 2. The minimum Gasteiger partial charge on any atom is -0.481 e. The van der Waals surface area contributed by atoms with Crippen LogP contribution in [0.4, 0.5) is 0 Å². The van der Waals surface area contributed by atoms with E-state index in [1.807, 2.05) is 0 Å². The lowest BCUT2D eigenvalue weighted by atomic mass is 9.71. The molecule has 1 saturated carbocycles. The summed E-state index contributed by atoms with van der Waals surface area (Å²) >= 11 is 0. The second kappa shape index (κ2) is 2.92. The standard InChI is InChI=1S/C10H14O2/c11-10(12)9-5-7-2-1-3-8(4-7)6-9/h1-2,7-9H,3-6H2,(H,11,12)/t7?,8?,9-/m0/s1. The summed E-state index contributed by atoms with van der Waals surface area (Å²) in [6, 6.07) is 0. The number of aliphatic carboxylic acids is 1. The first kappa shape index (κ1) is 7.84. The predicted octanol–water partition coefficient (Wildman–Crippen LogP) is 2.06. The number of hydrogen-bond donors (Lipinski definition) is 1. The third-order valence-corrected chi connectivity index (χ3v) is 3.07. The molecular weight excluding hydrogens is 152 g/mol. The molecule has 2 unspecified atom stereocenters. The lowest BCUT2D eigenvalue weighted by Crippen LogP contribution is -2.28. The summed E-state index contributed by atoms with van der Waals surface area (Å²) in [5, 5.41) is 8.87. The molecule has 0 aromatic carbocycles. The fourth-order valence-electron chi connectivity index (χ4n) is 2.50. The van der Waals surface area contributed by atoms with Gasteiger partial charge in [-0.05, 0) is 37.5 Å². The molecule has 1 fully saturated rings. The molecule has 2 nitrogen and oxygen atoms in total. The van der Waals surface area contributed by atoms with Gasteiger partial charge in [0.15, 0.2) is 0 Å². The highest BCUT2D eigenvalue weighted by Gasteiger charge is 2.32. The van der Waals surface area contributed by atoms with Gasteiger partial charge in [0, 0.05) is 0 Å². The van der Waals surface area contributed by atoms with Gasteiger partial charge in [-0.3, -0.25) is 4.79 Å². The first-order valence-corrected chi connectivity index (χ1v) is 4.65. The summed E-state index contributed by atoms with van der Waals surface area (Å²) < 4.78 is 0. The predicted molar refractivity (Wildman–Crippen MR) is 45.7 cm³/mol. The molecule has 66 valence electrons. The molecule has 0 heterocycles. The number of hydrogen-bond acceptors (Lipinski definition) is 1. The van der Waals surface area contributed by atoms with Crippen LogP contribution in [0.5, 0.6) is 0 Å². The van der Waals surface area contributed by atoms with Crippen LogP contribution >= 0.6 is 0 Å². The Morgan fingerprint density at radius 3 is 2.83 bits per heavy atom. The second-order valence-corrected chi connectivity index (χ2v) is 4.03. The quantitative estimate of drug-likeness (QED) is 0.605. The van der Waals surface area contributed by atoms with Crippen molar-refractivity contribution in [2.75, 3.05) is 0 Å². The van der Waals surface area contributed by atoms with E-state index in [0.29, 0.717) is 11.8 Å². The Bertz CT molecular complexity index is 220. The number of carboxylic acids is 1. The second-order valence-electron chi connectivity index (χ2n) is 4.03. The van der Waals surface area contributed by atoms with Crippen molar-refractivity contribution in [3.8, 4) is 0 Å². The van der Waals surface area contributed by atoms with Gasteiger partial charge in [-0.15, -0.1) is 0 Å². The summed E-state index contributed by atoms with van der Waals surface area (Å²) in [4.78, 5) is 10.8. The average molecular weight is 166 g/mol. The first-order valence-electron chi connectivity index (χ1n) is 4.65. The molecule has 0 radical (unpaired) electrons. The van der Waals surface area contributed by atoms with Gasteiger partial charge >= 0.3 is 5.97 Å². The summed E-state index contributed by atoms with van der Waals surface area (Å²) in [6.07, 6.45) is 8.50. The molecule has 0 amide bonds. The molecular formula is C10H14O2. The van der Waals surface area contributed by atoms with Gasteiger partial charge in [0.05, 0.1) is 5.92 Å². The van der Waals surface area contributed by atoms with Gasteiger partial charge in [-0.1, -0.05) is 12.2 Å². The van der Waals surface area contributed by atoms with Crippen molar-refractivity contribution in [2.45, 2.75) is 25.7 Å². The van der Waals surface area contributed by atoms with Crippen LogP contribution in [0.3, 0.4) is 0 Å². The van der Waals surface area contributed by atoms with Crippen LogP contribution in [0.1, 0.15) is 25.7 Å². The normalized spacial score (nSPS) is 39.5. The van der Waals surface area contributed by atoms with E-state index in [1.165, 1.54) is 6.42 Å². The largest absolute Gasteiger partial charge is 0.481 e. The van der Waals surface area contributed by atoms with Crippen molar-refractivity contribution in [1.82, 2.24) is 0 Å². The molecule has 1 N–H and O–H groups in total. The molecule has 0 aromatic heterocycles. The van der Waals surface area contributed by atoms with Crippen molar-refractivity contribution < 1.29 is 9.90 Å². The van der Waals surface area contributed by atoms with Crippen LogP contribution in [0, 0.1) is 17.8 Å². The monoisotopic (exact) mass is 166 g/mol. The van der Waals surface area contributed by atoms with E-state index >= 15 is 0 Å². The molecule has 12 heavy (non-hydrogen) atoms. The van der Waals surface area contributed by atoms with E-state index in [4.69, 9.17) is 5.11 Å². The Morgan fingerprint density at radius 2 is 2.17 bits per heavy atom. The number of carbonyl (C=O) groups is 1. The molecule has 0 spiro atoms. The maximum atomic E-state index is 10.8. The Labute approximate surface area is 72.3 Å². The zero-order valence-electron chi connectivity index (χ0n) is 7.07. The Morgan fingerprint density at radius 1 is 1.33 bits per heavy atom. The minimum atomic E-state index is -0.597. The Kier molecular flexibility index (Phi) is 1.91. The molecule has 2 bridgehead atoms. The molecule has 0 saturated heterocycles. The highest BCUT2D eigenvalue weighted by molar-refractivity contribution is 5.70. The molecule has 2 aliphatic rings. The highest BCUT2D eigenvalue weighted by Crippen LogP contribution is 2.39. The van der Waals surface area contributed by atoms with Crippen molar-refractivity contribution in [1.29, 1.82) is 0 Å². The van der Waals surface area contributed by atoms with Gasteiger partial charge in [0.1, 0.15) is 0 Å². The van der Waals surface area contributed by atoms with Crippen LogP contribution in [0.2, 0.25) is 0 Å². The van der Waals surface area contributed by atoms with Gasteiger partial charge in [-0.2, -0.15) is 0 Å². The molecule has 0 aliphatic heterocycles.